The number of nitrogens with zero attached hydrogens (tertiary/aromatic N) is 2. The minimum absolute atomic E-state index is 0.177. The third-order valence-corrected chi connectivity index (χ3v) is 7.25. The first kappa shape index (κ1) is 20.7. The molecule has 1 atom stereocenters. The molecule has 34 heavy (non-hydrogen) atoms. The van der Waals surface area contributed by atoms with Crippen LogP contribution in [0.1, 0.15) is 23.1 Å². The zero-order chi connectivity index (χ0) is 23.2. The van der Waals surface area contributed by atoms with Crippen LogP contribution < -0.4 is 9.75 Å². The van der Waals surface area contributed by atoms with Gasteiger partial charge in [0.1, 0.15) is 11.3 Å². The average Bonchev–Trinajstić information content (AvgIpc) is 2.92. The van der Waals surface area contributed by atoms with Crippen molar-refractivity contribution < 1.29 is 9.53 Å². The highest BCUT2D eigenvalue weighted by molar-refractivity contribution is 6.08. The number of benzene rings is 4. The molecule has 0 amide bonds. The lowest BCUT2D eigenvalue weighted by Crippen LogP contribution is -2.82. The van der Waals surface area contributed by atoms with Gasteiger partial charge in [-0.1, -0.05) is 97.1 Å². The Hall–Kier alpha value is -3.89. The number of carbonyl (C=O) groups excluding carboxylic acids is 1. The SMILES string of the molecule is CN(c1ccccc1)N1C2(CCOc3ccccc32)C(=O)C1(c1ccccc1)c1ccccc1. The van der Waals surface area contributed by atoms with Gasteiger partial charge in [0, 0.05) is 19.0 Å². The van der Waals surface area contributed by atoms with Gasteiger partial charge in [0.05, 0.1) is 12.3 Å². The van der Waals surface area contributed by atoms with E-state index >= 15 is 0 Å². The number of carbonyl (C=O) groups is 1. The second-order valence-electron chi connectivity index (χ2n) is 8.90. The lowest BCUT2D eigenvalue weighted by Gasteiger charge is -2.67. The molecule has 0 aromatic heterocycles. The summed E-state index contributed by atoms with van der Waals surface area (Å²) in [5.74, 6) is 0.958. The molecule has 1 saturated heterocycles. The molecule has 4 aromatic carbocycles. The molecule has 4 aromatic rings. The predicted octanol–water partition coefficient (Wildman–Crippen LogP) is 5.54. The molecular weight excluding hydrogens is 420 g/mol. The van der Waals surface area contributed by atoms with Crippen molar-refractivity contribution in [3.8, 4) is 5.75 Å². The Bertz CT molecular complexity index is 1280. The molecule has 0 aliphatic carbocycles. The van der Waals surface area contributed by atoms with Crippen LogP contribution >= 0.6 is 0 Å². The summed E-state index contributed by atoms with van der Waals surface area (Å²) in [7, 11) is 2.06. The first-order chi connectivity index (χ1) is 16.7. The van der Waals surface area contributed by atoms with Crippen LogP contribution in [0.2, 0.25) is 0 Å². The summed E-state index contributed by atoms with van der Waals surface area (Å²) in [6, 6.07) is 38.5. The van der Waals surface area contributed by atoms with E-state index in [0.29, 0.717) is 13.0 Å². The van der Waals surface area contributed by atoms with Crippen molar-refractivity contribution in [1.29, 1.82) is 0 Å². The van der Waals surface area contributed by atoms with E-state index in [1.807, 2.05) is 78.9 Å². The van der Waals surface area contributed by atoms with Gasteiger partial charge < -0.3 is 9.75 Å². The van der Waals surface area contributed by atoms with Crippen molar-refractivity contribution in [1.82, 2.24) is 5.01 Å². The van der Waals surface area contributed by atoms with Crippen molar-refractivity contribution in [2.24, 2.45) is 0 Å². The van der Waals surface area contributed by atoms with Crippen LogP contribution in [0.3, 0.4) is 0 Å². The number of hydrogen-bond acceptors (Lipinski definition) is 4. The van der Waals surface area contributed by atoms with Gasteiger partial charge in [-0.25, -0.2) is 0 Å². The summed E-state index contributed by atoms with van der Waals surface area (Å²) in [5.41, 5.74) is 2.08. The molecular formula is C30H26N2O2. The van der Waals surface area contributed by atoms with E-state index in [9.17, 15) is 4.79 Å². The number of fused-ring (bicyclic) bond motifs is 2. The number of anilines is 1. The molecule has 0 N–H and O–H groups in total. The third kappa shape index (κ3) is 2.66. The van der Waals surface area contributed by atoms with E-state index in [1.165, 1.54) is 0 Å². The van der Waals surface area contributed by atoms with E-state index in [1.54, 1.807) is 0 Å². The number of hydrogen-bond donors (Lipinski definition) is 0. The Morgan fingerprint density at radius 1 is 0.735 bits per heavy atom. The van der Waals surface area contributed by atoms with Crippen LogP contribution in [-0.2, 0) is 15.9 Å². The standard InChI is InChI=1S/C30H26N2O2/c1-31(25-17-9-4-10-18-25)32-29(21-22-34-27-20-12-11-19-26(27)29)28(33)30(32,23-13-5-2-6-14-23)24-15-7-3-8-16-24/h2-20H,21-22H2,1H3. The summed E-state index contributed by atoms with van der Waals surface area (Å²) in [4.78, 5) is 14.8. The van der Waals surface area contributed by atoms with E-state index in [0.717, 1.165) is 28.1 Å². The summed E-state index contributed by atoms with van der Waals surface area (Å²) in [6.45, 7) is 0.488. The van der Waals surface area contributed by atoms with Gasteiger partial charge >= 0.3 is 0 Å². The number of rotatable bonds is 4. The molecule has 1 unspecified atom stereocenters. The lowest BCUT2D eigenvalue weighted by atomic mass is 9.58. The van der Waals surface area contributed by atoms with Crippen molar-refractivity contribution in [3.63, 3.8) is 0 Å². The summed E-state index contributed by atoms with van der Waals surface area (Å²) >= 11 is 0. The minimum atomic E-state index is -0.961. The predicted molar refractivity (Wildman–Crippen MR) is 134 cm³/mol. The quantitative estimate of drug-likeness (QED) is 0.412. The molecule has 1 spiro atoms. The number of Topliss-reactive ketones (excluding diaryl/α,β-unsaturated/α-hetero) is 1. The van der Waals surface area contributed by atoms with E-state index < -0.39 is 11.1 Å². The van der Waals surface area contributed by atoms with Gasteiger partial charge in [-0.05, 0) is 29.3 Å². The molecule has 4 nitrogen and oxygen atoms in total. The van der Waals surface area contributed by atoms with Crippen LogP contribution in [0, 0.1) is 0 Å². The smallest absolute Gasteiger partial charge is 0.190 e. The number of ether oxygens (including phenoxy) is 1. The summed E-state index contributed by atoms with van der Waals surface area (Å²) in [6.07, 6.45) is 0.585. The van der Waals surface area contributed by atoms with E-state index in [4.69, 9.17) is 4.74 Å². The maximum Gasteiger partial charge on any atom is 0.190 e. The Morgan fingerprint density at radius 3 is 1.88 bits per heavy atom. The second kappa shape index (κ2) is 7.86. The molecule has 168 valence electrons. The summed E-state index contributed by atoms with van der Waals surface area (Å²) in [5, 5.41) is 4.45. The molecule has 4 heteroatoms. The maximum absolute atomic E-state index is 14.8. The molecule has 2 aliphatic heterocycles. The molecule has 0 saturated carbocycles. The van der Waals surface area contributed by atoms with Gasteiger partial charge in [0.15, 0.2) is 11.3 Å². The van der Waals surface area contributed by atoms with Crippen LogP contribution in [0.5, 0.6) is 5.75 Å². The molecule has 2 heterocycles. The van der Waals surface area contributed by atoms with Crippen molar-refractivity contribution >= 4 is 11.5 Å². The Kier molecular flexibility index (Phi) is 4.78. The molecule has 1 fully saturated rings. The van der Waals surface area contributed by atoms with Crippen LogP contribution in [0.4, 0.5) is 5.69 Å². The third-order valence-electron chi connectivity index (χ3n) is 7.25. The fourth-order valence-electron chi connectivity index (χ4n) is 5.83. The van der Waals surface area contributed by atoms with Crippen LogP contribution in [0.25, 0.3) is 0 Å². The number of hydrazine groups is 1. The van der Waals surface area contributed by atoms with Crippen LogP contribution in [0.15, 0.2) is 115 Å². The van der Waals surface area contributed by atoms with Gasteiger partial charge in [-0.3, -0.25) is 4.79 Å². The van der Waals surface area contributed by atoms with Gasteiger partial charge in [-0.15, -0.1) is 0 Å². The molecule has 0 radical (unpaired) electrons. The maximum atomic E-state index is 14.8. The van der Waals surface area contributed by atoms with Crippen molar-refractivity contribution in [3.05, 3.63) is 132 Å². The van der Waals surface area contributed by atoms with Gasteiger partial charge in [-0.2, -0.15) is 5.01 Å². The minimum Gasteiger partial charge on any atom is -0.493 e. The van der Waals surface area contributed by atoms with Crippen molar-refractivity contribution in [2.45, 2.75) is 17.5 Å². The average molecular weight is 447 g/mol. The zero-order valence-corrected chi connectivity index (χ0v) is 19.1. The van der Waals surface area contributed by atoms with Gasteiger partial charge in [0.25, 0.3) is 0 Å². The summed E-state index contributed by atoms with van der Waals surface area (Å²) < 4.78 is 6.02. The first-order valence-electron chi connectivity index (χ1n) is 11.7. The second-order valence-corrected chi connectivity index (χ2v) is 8.90. The normalized spacial score (nSPS) is 20.8. The number of para-hydroxylation sites is 2. The highest BCUT2D eigenvalue weighted by Gasteiger charge is 2.74. The fraction of sp³-hybridized carbons (Fsp3) is 0.167. The van der Waals surface area contributed by atoms with Crippen molar-refractivity contribution in [2.75, 3.05) is 18.7 Å². The highest BCUT2D eigenvalue weighted by atomic mass is 16.5. The number of ketones is 1. The van der Waals surface area contributed by atoms with Crippen LogP contribution in [-0.4, -0.2) is 24.4 Å². The monoisotopic (exact) mass is 446 g/mol. The van der Waals surface area contributed by atoms with Gasteiger partial charge in [0.2, 0.25) is 0 Å². The van der Waals surface area contributed by atoms with E-state index in [2.05, 4.69) is 53.5 Å². The zero-order valence-electron chi connectivity index (χ0n) is 19.1. The molecule has 6 rings (SSSR count). The molecule has 2 aliphatic rings. The Balaban J connectivity index is 1.66. The lowest BCUT2D eigenvalue weighted by molar-refractivity contribution is -0.183. The Labute approximate surface area is 200 Å². The first-order valence-corrected chi connectivity index (χ1v) is 11.7. The molecule has 0 bridgehead atoms. The Morgan fingerprint density at radius 2 is 1.26 bits per heavy atom. The van der Waals surface area contributed by atoms with E-state index in [-0.39, 0.29) is 5.78 Å². The fourth-order valence-corrected chi connectivity index (χ4v) is 5.83. The largest absolute Gasteiger partial charge is 0.493 e. The highest BCUT2D eigenvalue weighted by Crippen LogP contribution is 2.61. The topological polar surface area (TPSA) is 32.8 Å².